The van der Waals surface area contributed by atoms with Crippen molar-refractivity contribution in [3.8, 4) is 5.75 Å². The van der Waals surface area contributed by atoms with Gasteiger partial charge in [-0.15, -0.1) is 0 Å². The monoisotopic (exact) mass is 268 g/mol. The molecule has 0 amide bonds. The molecular weight excluding hydrogens is 248 g/mol. The predicted octanol–water partition coefficient (Wildman–Crippen LogP) is 2.57. The van der Waals surface area contributed by atoms with Crippen molar-refractivity contribution >= 4 is 11.6 Å². The number of halogens is 1. The van der Waals surface area contributed by atoms with Gasteiger partial charge >= 0.3 is 0 Å². The van der Waals surface area contributed by atoms with Crippen LogP contribution < -0.4 is 0 Å². The summed E-state index contributed by atoms with van der Waals surface area (Å²) in [6, 6.07) is 6.31. The third-order valence-corrected chi connectivity index (χ3v) is 4.11. The molecule has 0 saturated carbocycles. The zero-order valence-electron chi connectivity index (χ0n) is 11.2. The predicted molar refractivity (Wildman–Crippen MR) is 75.1 cm³/mol. The summed E-state index contributed by atoms with van der Waals surface area (Å²) in [6.45, 7) is 7.27. The van der Waals surface area contributed by atoms with Gasteiger partial charge in [0.15, 0.2) is 0 Å². The van der Waals surface area contributed by atoms with Crippen molar-refractivity contribution in [1.82, 2.24) is 9.80 Å². The Morgan fingerprint density at radius 3 is 2.50 bits per heavy atom. The Labute approximate surface area is 114 Å². The highest BCUT2D eigenvalue weighted by atomic mass is 35.5. The number of piperazine rings is 1. The quantitative estimate of drug-likeness (QED) is 0.893. The number of hydrogen-bond acceptors (Lipinski definition) is 3. The first-order valence-corrected chi connectivity index (χ1v) is 6.77. The van der Waals surface area contributed by atoms with Crippen molar-refractivity contribution in [2.75, 3.05) is 20.1 Å². The SMILES string of the molecule is CC1CN(Cc2cc(Cl)ccc2O)CC(C)N1C. The van der Waals surface area contributed by atoms with Crippen LogP contribution in [0, 0.1) is 0 Å². The van der Waals surface area contributed by atoms with Gasteiger partial charge in [-0.3, -0.25) is 9.80 Å². The number of benzene rings is 1. The molecule has 1 saturated heterocycles. The molecule has 2 unspecified atom stereocenters. The Hall–Kier alpha value is -0.770. The van der Waals surface area contributed by atoms with Crippen molar-refractivity contribution in [3.05, 3.63) is 28.8 Å². The van der Waals surface area contributed by atoms with Crippen LogP contribution in [0.1, 0.15) is 19.4 Å². The Morgan fingerprint density at radius 1 is 1.28 bits per heavy atom. The first-order valence-electron chi connectivity index (χ1n) is 6.39. The molecule has 0 radical (unpaired) electrons. The molecule has 1 aliphatic heterocycles. The second-order valence-electron chi connectivity index (χ2n) is 5.33. The van der Waals surface area contributed by atoms with Crippen molar-refractivity contribution < 1.29 is 5.11 Å². The molecule has 0 spiro atoms. The fourth-order valence-electron chi connectivity index (χ4n) is 2.56. The second kappa shape index (κ2) is 5.47. The van der Waals surface area contributed by atoms with E-state index >= 15 is 0 Å². The fourth-order valence-corrected chi connectivity index (χ4v) is 2.76. The van der Waals surface area contributed by atoms with Gasteiger partial charge in [0, 0.05) is 42.3 Å². The van der Waals surface area contributed by atoms with E-state index in [1.165, 1.54) is 0 Å². The highest BCUT2D eigenvalue weighted by molar-refractivity contribution is 6.30. The maximum absolute atomic E-state index is 9.85. The Balaban J connectivity index is 2.07. The summed E-state index contributed by atoms with van der Waals surface area (Å²) in [5.41, 5.74) is 0.909. The summed E-state index contributed by atoms with van der Waals surface area (Å²) >= 11 is 5.98. The fraction of sp³-hybridized carbons (Fsp3) is 0.571. The van der Waals surface area contributed by atoms with E-state index in [0.717, 1.165) is 25.2 Å². The largest absolute Gasteiger partial charge is 0.508 e. The normalized spacial score (nSPS) is 26.4. The first-order chi connectivity index (χ1) is 8.47. The number of phenols is 1. The Morgan fingerprint density at radius 2 is 1.89 bits per heavy atom. The lowest BCUT2D eigenvalue weighted by Crippen LogP contribution is -2.54. The van der Waals surface area contributed by atoms with Gasteiger partial charge in [-0.05, 0) is 39.1 Å². The molecule has 1 fully saturated rings. The van der Waals surface area contributed by atoms with Crippen LogP contribution in [0.5, 0.6) is 5.75 Å². The van der Waals surface area contributed by atoms with E-state index < -0.39 is 0 Å². The summed E-state index contributed by atoms with van der Waals surface area (Å²) in [5.74, 6) is 0.332. The highest BCUT2D eigenvalue weighted by Crippen LogP contribution is 2.24. The minimum atomic E-state index is 0.332. The van der Waals surface area contributed by atoms with Crippen molar-refractivity contribution in [1.29, 1.82) is 0 Å². The van der Waals surface area contributed by atoms with Crippen LogP contribution in [0.15, 0.2) is 18.2 Å². The number of rotatable bonds is 2. The van der Waals surface area contributed by atoms with Gasteiger partial charge in [-0.25, -0.2) is 0 Å². The third-order valence-electron chi connectivity index (χ3n) is 3.87. The van der Waals surface area contributed by atoms with Crippen molar-refractivity contribution in [3.63, 3.8) is 0 Å². The molecule has 18 heavy (non-hydrogen) atoms. The molecule has 1 aliphatic rings. The highest BCUT2D eigenvalue weighted by Gasteiger charge is 2.26. The van der Waals surface area contributed by atoms with E-state index in [0.29, 0.717) is 22.9 Å². The zero-order valence-corrected chi connectivity index (χ0v) is 12.0. The summed E-state index contributed by atoms with van der Waals surface area (Å²) in [7, 11) is 2.17. The topological polar surface area (TPSA) is 26.7 Å². The van der Waals surface area contributed by atoms with Crippen molar-refractivity contribution in [2.45, 2.75) is 32.5 Å². The molecule has 1 aromatic carbocycles. The van der Waals surface area contributed by atoms with Crippen LogP contribution in [-0.2, 0) is 6.54 Å². The first kappa shape index (κ1) is 13.7. The summed E-state index contributed by atoms with van der Waals surface area (Å²) < 4.78 is 0. The number of phenolic OH excluding ortho intramolecular Hbond substituents is 1. The lowest BCUT2D eigenvalue weighted by atomic mass is 10.1. The molecule has 2 atom stereocenters. The molecular formula is C14H21ClN2O. The number of nitrogens with zero attached hydrogens (tertiary/aromatic N) is 2. The Bertz CT molecular complexity index is 412. The molecule has 1 aromatic rings. The summed E-state index contributed by atoms with van der Waals surface area (Å²) in [5, 5.41) is 10.5. The molecule has 3 nitrogen and oxygen atoms in total. The standard InChI is InChI=1S/C14H21ClN2O/c1-10-7-17(8-11(2)16(10)3)9-12-6-13(15)4-5-14(12)18/h4-6,10-11,18H,7-9H2,1-3H3. The molecule has 1 heterocycles. The van der Waals surface area contributed by atoms with Gasteiger partial charge in [-0.2, -0.15) is 0 Å². The Kier molecular flexibility index (Phi) is 4.15. The molecule has 1 N–H and O–H groups in total. The van der Waals surface area contributed by atoms with Crippen LogP contribution in [-0.4, -0.2) is 47.1 Å². The lowest BCUT2D eigenvalue weighted by Gasteiger charge is -2.42. The molecule has 100 valence electrons. The maximum Gasteiger partial charge on any atom is 0.120 e. The number of hydrogen-bond donors (Lipinski definition) is 1. The lowest BCUT2D eigenvalue weighted by molar-refractivity contribution is 0.0552. The molecule has 0 aromatic heterocycles. The number of aromatic hydroxyl groups is 1. The average molecular weight is 269 g/mol. The van der Waals surface area contributed by atoms with Crippen LogP contribution >= 0.6 is 11.6 Å². The minimum Gasteiger partial charge on any atom is -0.508 e. The van der Waals surface area contributed by atoms with E-state index in [1.54, 1.807) is 12.1 Å². The summed E-state index contributed by atoms with van der Waals surface area (Å²) in [4.78, 5) is 4.77. The van der Waals surface area contributed by atoms with E-state index in [2.05, 4.69) is 30.7 Å². The zero-order chi connectivity index (χ0) is 13.3. The van der Waals surface area contributed by atoms with Gasteiger partial charge < -0.3 is 5.11 Å². The van der Waals surface area contributed by atoms with E-state index in [4.69, 9.17) is 11.6 Å². The molecule has 2 rings (SSSR count). The van der Waals surface area contributed by atoms with Gasteiger partial charge in [0.1, 0.15) is 5.75 Å². The van der Waals surface area contributed by atoms with Gasteiger partial charge in [0.05, 0.1) is 0 Å². The van der Waals surface area contributed by atoms with Gasteiger partial charge in [0.2, 0.25) is 0 Å². The van der Waals surface area contributed by atoms with Crippen molar-refractivity contribution in [2.24, 2.45) is 0 Å². The van der Waals surface area contributed by atoms with Crippen LogP contribution in [0.25, 0.3) is 0 Å². The maximum atomic E-state index is 9.85. The third kappa shape index (κ3) is 2.97. The summed E-state index contributed by atoms with van der Waals surface area (Å²) in [6.07, 6.45) is 0. The molecule has 4 heteroatoms. The van der Waals surface area contributed by atoms with E-state index in [9.17, 15) is 5.11 Å². The average Bonchev–Trinajstić information content (AvgIpc) is 2.31. The second-order valence-corrected chi connectivity index (χ2v) is 5.77. The van der Waals surface area contributed by atoms with Crippen LogP contribution in [0.2, 0.25) is 5.02 Å². The van der Waals surface area contributed by atoms with Crippen LogP contribution in [0.4, 0.5) is 0 Å². The molecule has 0 bridgehead atoms. The number of likely N-dealkylation sites (N-methyl/N-ethyl adjacent to an activating group) is 1. The van der Waals surface area contributed by atoms with E-state index in [-0.39, 0.29) is 0 Å². The van der Waals surface area contributed by atoms with Gasteiger partial charge in [0.25, 0.3) is 0 Å². The van der Waals surface area contributed by atoms with Crippen LogP contribution in [0.3, 0.4) is 0 Å². The smallest absolute Gasteiger partial charge is 0.120 e. The molecule has 0 aliphatic carbocycles. The van der Waals surface area contributed by atoms with Gasteiger partial charge in [-0.1, -0.05) is 11.6 Å². The minimum absolute atomic E-state index is 0.332. The van der Waals surface area contributed by atoms with E-state index in [1.807, 2.05) is 6.07 Å².